The third-order valence-electron chi connectivity index (χ3n) is 23.2. The average Bonchev–Trinajstić information content (AvgIpc) is 1.75. The maximum atomic E-state index is 15.6. The molecular formula is C74H112ClF3N12O13. The molecule has 29 heteroatoms. The smallest absolute Gasteiger partial charge is 0.376 e. The second-order valence-electron chi connectivity index (χ2n) is 30.7. The molecule has 1 aromatic rings. The van der Waals surface area contributed by atoms with Crippen LogP contribution in [0.25, 0.3) is 0 Å². The third kappa shape index (κ3) is 19.5. The summed E-state index contributed by atoms with van der Waals surface area (Å²) in [4.78, 5) is 193. The highest BCUT2D eigenvalue weighted by Crippen LogP contribution is 2.38. The number of benzene rings is 1. The highest BCUT2D eigenvalue weighted by Gasteiger charge is 2.51. The van der Waals surface area contributed by atoms with Crippen molar-refractivity contribution in [3.8, 4) is 0 Å². The van der Waals surface area contributed by atoms with Crippen molar-refractivity contribution < 1.29 is 75.4 Å². The lowest BCUT2D eigenvalue weighted by atomic mass is 9.84. The predicted octanol–water partition coefficient (Wildman–Crippen LogP) is 5.94. The molecule has 25 nitrogen and oxygen atoms in total. The predicted molar refractivity (Wildman–Crippen MR) is 378 cm³/mol. The van der Waals surface area contributed by atoms with Crippen LogP contribution in [0.1, 0.15) is 193 Å². The first-order valence-electron chi connectivity index (χ1n) is 37.6. The summed E-state index contributed by atoms with van der Waals surface area (Å²) < 4.78 is 48.1. The number of hydrogen-bond acceptors (Lipinski definition) is 13. The minimum Gasteiger partial charge on any atom is -0.376 e. The largest absolute Gasteiger partial charge is 0.417 e. The van der Waals surface area contributed by atoms with Crippen molar-refractivity contribution in [2.75, 3.05) is 81.6 Å². The van der Waals surface area contributed by atoms with Gasteiger partial charge in [0.05, 0.1) is 36.3 Å². The molecule has 0 bridgehead atoms. The van der Waals surface area contributed by atoms with E-state index in [1.165, 1.54) is 89.6 Å². The number of piperidine rings is 1. The fraction of sp³-hybridized carbons (Fsp3) is 0.757. The van der Waals surface area contributed by atoms with Crippen LogP contribution in [-0.4, -0.2) is 263 Å². The molecule has 8 rings (SSSR count). The normalized spacial score (nSPS) is 28.1. The summed E-state index contributed by atoms with van der Waals surface area (Å²) in [7, 11) is 8.57. The Morgan fingerprint density at radius 2 is 1.29 bits per heavy atom. The van der Waals surface area contributed by atoms with E-state index in [9.17, 15) is 37.1 Å². The number of nitrogens with one attached hydrogen (secondary N) is 3. The summed E-state index contributed by atoms with van der Waals surface area (Å²) in [5.41, 5.74) is -2.40. The molecule has 4 aliphatic heterocycles. The molecule has 3 aliphatic carbocycles. The van der Waals surface area contributed by atoms with E-state index in [1.807, 2.05) is 20.8 Å². The van der Waals surface area contributed by atoms with Crippen LogP contribution in [-0.2, 0) is 74.9 Å². The summed E-state index contributed by atoms with van der Waals surface area (Å²) in [6, 6.07) is -8.09. The number of fused-ring (bicyclic) bond motifs is 2. The number of amides is 12. The molecule has 7 fully saturated rings. The minimum absolute atomic E-state index is 0.0193. The van der Waals surface area contributed by atoms with E-state index in [4.69, 9.17) is 16.3 Å². The van der Waals surface area contributed by atoms with E-state index in [2.05, 4.69) is 16.0 Å². The number of likely N-dealkylation sites (tertiary alicyclic amines) is 1. The van der Waals surface area contributed by atoms with E-state index in [0.29, 0.717) is 70.0 Å². The summed E-state index contributed by atoms with van der Waals surface area (Å²) in [5.74, 6) is -8.48. The van der Waals surface area contributed by atoms with Gasteiger partial charge in [-0.2, -0.15) is 13.2 Å². The van der Waals surface area contributed by atoms with Gasteiger partial charge >= 0.3 is 6.18 Å². The highest BCUT2D eigenvalue weighted by atomic mass is 35.5. The van der Waals surface area contributed by atoms with Crippen molar-refractivity contribution in [2.24, 2.45) is 17.8 Å². The van der Waals surface area contributed by atoms with Crippen LogP contribution in [0, 0.1) is 17.8 Å². The van der Waals surface area contributed by atoms with Crippen molar-refractivity contribution in [1.29, 1.82) is 0 Å². The summed E-state index contributed by atoms with van der Waals surface area (Å²) in [6.07, 6.45) is 5.59. The van der Waals surface area contributed by atoms with Crippen LogP contribution < -0.4 is 16.0 Å². The van der Waals surface area contributed by atoms with E-state index >= 15 is 33.6 Å². The van der Waals surface area contributed by atoms with Gasteiger partial charge in [0.1, 0.15) is 59.9 Å². The van der Waals surface area contributed by atoms with Crippen molar-refractivity contribution >= 4 is 82.5 Å². The molecule has 10 atom stereocenters. The quantitative estimate of drug-likeness (QED) is 0.206. The van der Waals surface area contributed by atoms with Crippen molar-refractivity contribution in [1.82, 2.24) is 60.0 Å². The molecule has 4 heterocycles. The van der Waals surface area contributed by atoms with Gasteiger partial charge in [-0.15, -0.1) is 0 Å². The molecule has 574 valence electrons. The van der Waals surface area contributed by atoms with Crippen LogP contribution in [0.4, 0.5) is 13.2 Å². The standard InChI is InChI=1S/C74H112ClF3N12O13/c1-12-46(4)62-71(101)83(7)47(5)65(95)90-38-32-55(90)68(98)85(9)57(41-48-23-15-13-16-24-48)67(97)82(6)43-60(91)79-53(31-29-49-28-30-51(52(75)40-49)74(76,77)78)66(96)89-37-22-27-54(89)64(94)81-73(33-17-18-34-73)72(102)87(11)59(44-103-50-25-21-26-50)69(99)86(10)58(70(100)88-35-19-14-20-36-88)42-61(92)84(8)56(39-45(2)3)63(93)80-62/h28,30,40,45-48,50,53-59,62H,12-27,29,31-39,41-44H2,1-11H3,(H,79,91)(H,80,93)(H,81,94)/t46-,47-,53-,54-,55-,56-,57-,58-,59-,62-/m0/s1. The second kappa shape index (κ2) is 35.8. The van der Waals surface area contributed by atoms with Gasteiger partial charge in [0.25, 0.3) is 0 Å². The fourth-order valence-corrected chi connectivity index (χ4v) is 16.1. The number of aryl methyl sites for hydroxylation is 1. The first-order valence-corrected chi connectivity index (χ1v) is 37.9. The summed E-state index contributed by atoms with van der Waals surface area (Å²) in [6.45, 7) is 8.81. The third-order valence-corrected chi connectivity index (χ3v) is 23.5. The zero-order valence-corrected chi connectivity index (χ0v) is 63.1. The number of hydrogen-bond donors (Lipinski definition) is 3. The second-order valence-corrected chi connectivity index (χ2v) is 31.1. The Morgan fingerprint density at radius 3 is 1.88 bits per heavy atom. The Balaban J connectivity index is 1.18. The van der Waals surface area contributed by atoms with Gasteiger partial charge in [-0.05, 0) is 139 Å². The van der Waals surface area contributed by atoms with Gasteiger partial charge < -0.3 is 64.8 Å². The van der Waals surface area contributed by atoms with E-state index in [0.717, 1.165) is 62.0 Å². The molecule has 3 N–H and O–H groups in total. The summed E-state index contributed by atoms with van der Waals surface area (Å²) >= 11 is 6.17. The van der Waals surface area contributed by atoms with Gasteiger partial charge in [-0.25, -0.2) is 0 Å². The number of carbonyl (C=O) groups excluding carboxylic acids is 12. The average molecular weight is 1470 g/mol. The fourth-order valence-electron chi connectivity index (χ4n) is 15.8. The Labute approximate surface area is 610 Å². The van der Waals surface area contributed by atoms with Crippen LogP contribution in [0.5, 0.6) is 0 Å². The zero-order chi connectivity index (χ0) is 75.5. The minimum atomic E-state index is -4.76. The molecular weight excluding hydrogens is 1360 g/mol. The Bertz CT molecular complexity index is 3250. The molecule has 4 saturated heterocycles. The van der Waals surface area contributed by atoms with Crippen molar-refractivity contribution in [3.63, 3.8) is 0 Å². The molecule has 0 unspecified atom stereocenters. The number of halogens is 4. The van der Waals surface area contributed by atoms with Crippen LogP contribution >= 0.6 is 11.6 Å². The van der Waals surface area contributed by atoms with Gasteiger partial charge in [-0.1, -0.05) is 96.7 Å². The Morgan fingerprint density at radius 1 is 0.641 bits per heavy atom. The van der Waals surface area contributed by atoms with Crippen LogP contribution in [0.15, 0.2) is 18.2 Å². The maximum absolute atomic E-state index is 15.6. The topological polar surface area (TPSA) is 279 Å². The molecule has 3 saturated carbocycles. The molecule has 1 aromatic carbocycles. The number of rotatable bonds is 13. The number of nitrogens with zero attached hydrogens (tertiary/aromatic N) is 9. The van der Waals surface area contributed by atoms with E-state index in [1.54, 1.807) is 11.8 Å². The van der Waals surface area contributed by atoms with E-state index in [-0.39, 0.29) is 89.0 Å². The Kier molecular flexibility index (Phi) is 28.3. The molecule has 1 spiro atoms. The number of alkyl halides is 3. The van der Waals surface area contributed by atoms with Gasteiger partial charge in [-0.3, -0.25) is 57.5 Å². The SMILES string of the molecule is CC[C@H](C)[C@@H]1NC(=O)[C@H](CC(C)C)N(C)C(=O)C[C@@H](C(=O)N2CCCCC2)N(C)C(=O)[C@H](COC2CCC2)N(C)C(=O)C2(CCCC2)NC(=O)[C@@H]2CCCN2C(=O)[C@H](CCc2ccc(C(F)(F)F)c(Cl)c2)NC(=O)CN(C)C(=O)[C@H](CC2CCCCC2)N(C)C(=O)[C@@H]2CCN2C(=O)[C@H](C)N(C)C1=O. The molecule has 0 aromatic heterocycles. The molecule has 12 amide bonds. The lowest BCUT2D eigenvalue weighted by molar-refractivity contribution is -0.160. The van der Waals surface area contributed by atoms with E-state index < -0.39 is 166 Å². The lowest BCUT2D eigenvalue weighted by Gasteiger charge is -2.45. The maximum Gasteiger partial charge on any atom is 0.417 e. The molecule has 103 heavy (non-hydrogen) atoms. The first-order chi connectivity index (χ1) is 48.7. The molecule has 7 aliphatic rings. The van der Waals surface area contributed by atoms with Gasteiger partial charge in [0, 0.05) is 68.5 Å². The van der Waals surface area contributed by atoms with Crippen LogP contribution in [0.2, 0.25) is 5.02 Å². The highest BCUT2D eigenvalue weighted by molar-refractivity contribution is 6.31. The van der Waals surface area contributed by atoms with Crippen LogP contribution in [0.3, 0.4) is 0 Å². The van der Waals surface area contributed by atoms with Gasteiger partial charge in [0.15, 0.2) is 0 Å². The van der Waals surface area contributed by atoms with Gasteiger partial charge in [0.2, 0.25) is 70.9 Å². The number of ether oxygens (including phenoxy) is 1. The van der Waals surface area contributed by atoms with Crippen molar-refractivity contribution in [3.05, 3.63) is 34.3 Å². The summed E-state index contributed by atoms with van der Waals surface area (Å²) in [5, 5.41) is 8.18. The number of likely N-dealkylation sites (N-methyl/N-ethyl adjacent to an activating group) is 6. The van der Waals surface area contributed by atoms with Crippen molar-refractivity contribution in [2.45, 2.75) is 261 Å². The number of carbonyl (C=O) groups is 12. The zero-order valence-electron chi connectivity index (χ0n) is 62.3. The first kappa shape index (κ1) is 81.6. The monoisotopic (exact) mass is 1470 g/mol. The lowest BCUT2D eigenvalue weighted by Crippen LogP contribution is -2.65. The molecule has 0 radical (unpaired) electrons. The Hall–Kier alpha value is -7.10.